The third-order valence-corrected chi connectivity index (χ3v) is 7.10. The fourth-order valence-electron chi connectivity index (χ4n) is 4.25. The summed E-state index contributed by atoms with van der Waals surface area (Å²) < 4.78 is 0. The maximum Gasteiger partial charge on any atom is 0.307 e. The molecule has 0 bridgehead atoms. The molecule has 2 atom stereocenters. The molecule has 2 aliphatic carbocycles. The predicted octanol–water partition coefficient (Wildman–Crippen LogP) is 3.56. The topological polar surface area (TPSA) is 108 Å². The van der Waals surface area contributed by atoms with Crippen LogP contribution in [-0.2, 0) is 29.0 Å². The number of thiophene rings is 1. The molecule has 2 aromatic rings. The Balaban J connectivity index is 1.56. The van der Waals surface area contributed by atoms with Gasteiger partial charge in [0.05, 0.1) is 17.4 Å². The molecule has 0 radical (unpaired) electrons. The number of aliphatic carboxylic acids is 1. The first-order chi connectivity index (χ1) is 15.0. The van der Waals surface area contributed by atoms with Crippen molar-refractivity contribution >= 4 is 34.1 Å². The minimum atomic E-state index is -0.968. The van der Waals surface area contributed by atoms with E-state index in [1.165, 1.54) is 11.3 Å². The monoisotopic (exact) mass is 439 g/mol. The quantitative estimate of drug-likeness (QED) is 0.597. The number of allylic oxidation sites excluding steroid dienone is 2. The first-order valence-electron chi connectivity index (χ1n) is 10.5. The van der Waals surface area contributed by atoms with Gasteiger partial charge in [-0.1, -0.05) is 18.2 Å². The van der Waals surface area contributed by atoms with Gasteiger partial charge in [0.2, 0.25) is 5.91 Å². The summed E-state index contributed by atoms with van der Waals surface area (Å²) in [7, 11) is 0. The van der Waals surface area contributed by atoms with Crippen molar-refractivity contribution in [1.29, 1.82) is 0 Å². The van der Waals surface area contributed by atoms with Crippen LogP contribution in [0.3, 0.4) is 0 Å². The third kappa shape index (κ3) is 4.69. The van der Waals surface area contributed by atoms with E-state index in [0.717, 1.165) is 41.7 Å². The zero-order valence-corrected chi connectivity index (χ0v) is 17.9. The number of rotatable bonds is 6. The number of pyridine rings is 1. The van der Waals surface area contributed by atoms with Crippen LogP contribution >= 0.6 is 11.3 Å². The molecule has 4 rings (SSSR count). The van der Waals surface area contributed by atoms with E-state index in [0.29, 0.717) is 30.0 Å². The van der Waals surface area contributed by atoms with Crippen LogP contribution in [-0.4, -0.2) is 27.9 Å². The van der Waals surface area contributed by atoms with Crippen molar-refractivity contribution in [2.45, 2.75) is 45.1 Å². The molecule has 0 fully saturated rings. The van der Waals surface area contributed by atoms with Gasteiger partial charge in [0.15, 0.2) is 0 Å². The molecule has 0 unspecified atom stereocenters. The summed E-state index contributed by atoms with van der Waals surface area (Å²) in [6.07, 6.45) is 11.5. The van der Waals surface area contributed by atoms with Gasteiger partial charge in [-0.05, 0) is 55.7 Å². The molecule has 7 nitrogen and oxygen atoms in total. The number of fused-ring (bicyclic) bond motifs is 1. The molecule has 3 N–H and O–H groups in total. The molecule has 162 valence electrons. The fraction of sp³-hybridized carbons (Fsp3) is 0.391. The fourth-order valence-corrected chi connectivity index (χ4v) is 5.54. The number of hydrogen-bond acceptors (Lipinski definition) is 5. The Bertz CT molecular complexity index is 1020. The van der Waals surface area contributed by atoms with E-state index in [4.69, 9.17) is 0 Å². The number of amides is 2. The Kier molecular flexibility index (Phi) is 6.46. The number of carboxylic acids is 1. The number of carbonyl (C=O) groups is 3. The average Bonchev–Trinajstić information content (AvgIpc) is 3.16. The molecule has 0 saturated heterocycles. The van der Waals surface area contributed by atoms with Gasteiger partial charge >= 0.3 is 5.97 Å². The van der Waals surface area contributed by atoms with Crippen LogP contribution in [0.4, 0.5) is 5.00 Å². The maximum absolute atomic E-state index is 13.1. The van der Waals surface area contributed by atoms with E-state index in [-0.39, 0.29) is 11.8 Å². The van der Waals surface area contributed by atoms with Crippen LogP contribution in [0.15, 0.2) is 36.7 Å². The van der Waals surface area contributed by atoms with Gasteiger partial charge < -0.3 is 15.7 Å². The highest BCUT2D eigenvalue weighted by Gasteiger charge is 2.35. The molecule has 2 aliphatic rings. The van der Waals surface area contributed by atoms with Crippen molar-refractivity contribution in [3.63, 3.8) is 0 Å². The second-order valence-corrected chi connectivity index (χ2v) is 9.05. The van der Waals surface area contributed by atoms with E-state index in [1.807, 2.05) is 24.3 Å². The summed E-state index contributed by atoms with van der Waals surface area (Å²) in [5.74, 6) is -2.92. The third-order valence-electron chi connectivity index (χ3n) is 5.90. The Morgan fingerprint density at radius 1 is 1.13 bits per heavy atom. The molecular weight excluding hydrogens is 414 g/mol. The smallest absolute Gasteiger partial charge is 0.307 e. The summed E-state index contributed by atoms with van der Waals surface area (Å²) in [6.45, 7) is 0.346. The number of nitrogens with zero attached hydrogens (tertiary/aromatic N) is 1. The number of nitrogens with one attached hydrogen (secondary N) is 2. The average molecular weight is 440 g/mol. The lowest BCUT2D eigenvalue weighted by Crippen LogP contribution is -2.35. The number of carbonyl (C=O) groups excluding carboxylic acids is 2. The maximum atomic E-state index is 13.1. The summed E-state index contributed by atoms with van der Waals surface area (Å²) in [5.41, 5.74) is 2.42. The first-order valence-corrected chi connectivity index (χ1v) is 11.4. The predicted molar refractivity (Wildman–Crippen MR) is 118 cm³/mol. The molecule has 0 spiro atoms. The van der Waals surface area contributed by atoms with Crippen molar-refractivity contribution in [2.24, 2.45) is 11.8 Å². The van der Waals surface area contributed by atoms with Crippen molar-refractivity contribution in [3.8, 4) is 0 Å². The van der Waals surface area contributed by atoms with Crippen molar-refractivity contribution in [1.82, 2.24) is 10.3 Å². The number of hydrogen-bond donors (Lipinski definition) is 3. The Morgan fingerprint density at radius 2 is 1.90 bits per heavy atom. The first kappa shape index (κ1) is 21.2. The van der Waals surface area contributed by atoms with Crippen LogP contribution in [0.25, 0.3) is 0 Å². The van der Waals surface area contributed by atoms with Gasteiger partial charge in [-0.2, -0.15) is 0 Å². The van der Waals surface area contributed by atoms with E-state index in [1.54, 1.807) is 12.4 Å². The van der Waals surface area contributed by atoms with Crippen LogP contribution in [0.2, 0.25) is 0 Å². The van der Waals surface area contributed by atoms with Crippen molar-refractivity contribution < 1.29 is 19.5 Å². The minimum absolute atomic E-state index is 0.225. The molecule has 31 heavy (non-hydrogen) atoms. The molecule has 2 amide bonds. The molecule has 0 aromatic carbocycles. The van der Waals surface area contributed by atoms with E-state index in [9.17, 15) is 19.5 Å². The lowest BCUT2D eigenvalue weighted by Gasteiger charge is -2.24. The normalized spacial score (nSPS) is 20.0. The molecule has 0 aliphatic heterocycles. The highest BCUT2D eigenvalue weighted by molar-refractivity contribution is 7.17. The molecule has 8 heteroatoms. The SMILES string of the molecule is O=C(NCc1cccnc1)c1c(NC(=O)[C@@H]2CC=CC[C@@H]2C(=O)O)sc2c1CCCC2. The van der Waals surface area contributed by atoms with Crippen LogP contribution in [0.1, 0.15) is 52.0 Å². The van der Waals surface area contributed by atoms with Gasteiger partial charge in [0.25, 0.3) is 5.91 Å². The van der Waals surface area contributed by atoms with E-state index in [2.05, 4.69) is 15.6 Å². The lowest BCUT2D eigenvalue weighted by molar-refractivity contribution is -0.146. The molecule has 2 aromatic heterocycles. The van der Waals surface area contributed by atoms with E-state index >= 15 is 0 Å². The highest BCUT2D eigenvalue weighted by Crippen LogP contribution is 2.39. The lowest BCUT2D eigenvalue weighted by atomic mass is 9.82. The zero-order valence-electron chi connectivity index (χ0n) is 17.1. The van der Waals surface area contributed by atoms with Crippen molar-refractivity contribution in [2.75, 3.05) is 5.32 Å². The van der Waals surface area contributed by atoms with Crippen LogP contribution < -0.4 is 10.6 Å². The second kappa shape index (κ2) is 9.43. The summed E-state index contributed by atoms with van der Waals surface area (Å²) in [6, 6.07) is 3.71. The van der Waals surface area contributed by atoms with Crippen molar-refractivity contribution in [3.05, 3.63) is 58.2 Å². The number of aryl methyl sites for hydroxylation is 1. The highest BCUT2D eigenvalue weighted by atomic mass is 32.1. The van der Waals surface area contributed by atoms with E-state index < -0.39 is 17.8 Å². The molecular formula is C23H25N3O4S. The van der Waals surface area contributed by atoms with Gasteiger partial charge in [-0.3, -0.25) is 19.4 Å². The summed E-state index contributed by atoms with van der Waals surface area (Å²) >= 11 is 1.44. The summed E-state index contributed by atoms with van der Waals surface area (Å²) in [4.78, 5) is 42.9. The zero-order chi connectivity index (χ0) is 21.8. The molecule has 0 saturated carbocycles. The van der Waals surface area contributed by atoms with Gasteiger partial charge in [0.1, 0.15) is 5.00 Å². The second-order valence-electron chi connectivity index (χ2n) is 7.94. The largest absolute Gasteiger partial charge is 0.481 e. The van der Waals surface area contributed by atoms with Gasteiger partial charge in [-0.25, -0.2) is 0 Å². The van der Waals surface area contributed by atoms with Crippen LogP contribution in [0.5, 0.6) is 0 Å². The molecule has 2 heterocycles. The van der Waals surface area contributed by atoms with Gasteiger partial charge in [0, 0.05) is 23.8 Å². The Morgan fingerprint density at radius 3 is 2.65 bits per heavy atom. The number of aromatic nitrogens is 1. The standard InChI is InChI=1S/C23H25N3O4S/c27-20(15-7-1-2-8-16(15)23(29)30)26-22-19(17-9-3-4-10-18(17)31-22)21(28)25-13-14-6-5-11-24-12-14/h1-2,5-6,11-12,15-16H,3-4,7-10,13H2,(H,25,28)(H,26,27)(H,29,30)/t15-,16+/m1/s1. The Labute approximate surface area is 184 Å². The summed E-state index contributed by atoms with van der Waals surface area (Å²) in [5, 5.41) is 15.9. The number of anilines is 1. The Hall–Kier alpha value is -3.00. The van der Waals surface area contributed by atoms with Crippen LogP contribution in [0, 0.1) is 11.8 Å². The minimum Gasteiger partial charge on any atom is -0.481 e. The number of carboxylic acid groups (broad SMARTS) is 1. The van der Waals surface area contributed by atoms with Gasteiger partial charge in [-0.15, -0.1) is 11.3 Å².